The van der Waals surface area contributed by atoms with Gasteiger partial charge in [-0.2, -0.15) is 0 Å². The first-order valence-corrected chi connectivity index (χ1v) is 19.4. The van der Waals surface area contributed by atoms with Crippen molar-refractivity contribution in [2.45, 2.75) is 147 Å². The summed E-state index contributed by atoms with van der Waals surface area (Å²) in [6, 6.07) is 0. The van der Waals surface area contributed by atoms with Crippen LogP contribution in [-0.4, -0.2) is 45.3 Å². The van der Waals surface area contributed by atoms with Gasteiger partial charge in [-0.15, -0.1) is 0 Å². The standard InChI is InChI=1S/C11H18O.2C10H16O.C8H14O/c12-7-11-4-8-1-9(5-11)3-10(2-8)6-11;11-10-4-7-1-8(5-10)3-9(2-7)6-10;11-10-8-2-6-1-7(4-8)5-9(10)3-6;9-5-8-4-6-1-2-7(8)3-6/h8-10,12H,1-7H2;7-9,11H,1-6H2;6-11H,1-5H2;6-9H,1-5H2. The van der Waals surface area contributed by atoms with Crippen LogP contribution >= 0.6 is 0 Å². The van der Waals surface area contributed by atoms with Crippen molar-refractivity contribution in [3.8, 4) is 0 Å². The molecule has 4 heteroatoms. The molecule has 0 aromatic rings. The van der Waals surface area contributed by atoms with Gasteiger partial charge in [-0.3, -0.25) is 0 Å². The van der Waals surface area contributed by atoms with Crippen LogP contribution in [0.15, 0.2) is 0 Å². The maximum Gasteiger partial charge on any atom is 0.0655 e. The second-order valence-corrected chi connectivity index (χ2v) is 19.3. The highest BCUT2D eigenvalue weighted by Crippen LogP contribution is 2.60. The minimum Gasteiger partial charge on any atom is -0.396 e. The molecule has 14 aliphatic carbocycles. The summed E-state index contributed by atoms with van der Waals surface area (Å²) < 4.78 is 0. The van der Waals surface area contributed by atoms with Crippen molar-refractivity contribution in [3.05, 3.63) is 0 Å². The molecule has 0 saturated heterocycles. The highest BCUT2D eigenvalue weighted by atomic mass is 16.3. The molecule has 0 heterocycles. The van der Waals surface area contributed by atoms with E-state index in [4.69, 9.17) is 5.11 Å². The maximum atomic E-state index is 10.1. The van der Waals surface area contributed by atoms with E-state index in [1.807, 2.05) is 0 Å². The van der Waals surface area contributed by atoms with Crippen LogP contribution in [-0.2, 0) is 0 Å². The molecule has 14 rings (SSSR count). The summed E-state index contributed by atoms with van der Waals surface area (Å²) in [7, 11) is 0. The highest BCUT2D eigenvalue weighted by molar-refractivity contribution is 5.03. The largest absolute Gasteiger partial charge is 0.396 e. The van der Waals surface area contributed by atoms with Crippen molar-refractivity contribution in [2.24, 2.45) is 82.3 Å². The van der Waals surface area contributed by atoms with Crippen LogP contribution in [0.3, 0.4) is 0 Å². The minimum absolute atomic E-state index is 0.0859. The van der Waals surface area contributed by atoms with E-state index in [0.717, 1.165) is 78.4 Å². The lowest BCUT2D eigenvalue weighted by atomic mass is 9.50. The van der Waals surface area contributed by atoms with Crippen molar-refractivity contribution >= 4 is 0 Å². The molecular weight excluding hydrogens is 532 g/mol. The summed E-state index contributed by atoms with van der Waals surface area (Å²) in [6.07, 6.45) is 28.7. The molecule has 4 nitrogen and oxygen atoms in total. The van der Waals surface area contributed by atoms with Crippen molar-refractivity contribution in [3.63, 3.8) is 0 Å². The number of rotatable bonds is 2. The lowest BCUT2D eigenvalue weighted by Crippen LogP contribution is -2.50. The van der Waals surface area contributed by atoms with E-state index in [0.29, 0.717) is 36.4 Å². The van der Waals surface area contributed by atoms with Crippen LogP contribution < -0.4 is 0 Å². The molecular formula is C39H64O4. The third-order valence-electron chi connectivity index (χ3n) is 15.8. The average molecular weight is 597 g/mol. The summed E-state index contributed by atoms with van der Waals surface area (Å²) in [4.78, 5) is 0. The molecule has 0 amide bonds. The van der Waals surface area contributed by atoms with Crippen molar-refractivity contribution in [2.75, 3.05) is 13.2 Å². The SMILES string of the molecule is OC12CC3CC(CC(C3)C1)C2.OC1C2CC3CC(C2)CC1C3.OCC12CC3CC(CC(C3)C1)C2.OCC1CC2CCC1C2. The summed E-state index contributed by atoms with van der Waals surface area (Å²) in [5.41, 5.74) is 0.198. The van der Waals surface area contributed by atoms with E-state index in [1.54, 1.807) is 0 Å². The average Bonchev–Trinajstić information content (AvgIpc) is 3.59. The maximum absolute atomic E-state index is 10.1. The Morgan fingerprint density at radius 1 is 0.442 bits per heavy atom. The fraction of sp³-hybridized carbons (Fsp3) is 1.00. The molecule has 244 valence electrons. The molecule has 0 radical (unpaired) electrons. The first kappa shape index (κ1) is 30.2. The lowest BCUT2D eigenvalue weighted by Gasteiger charge is -2.56. The molecule has 0 aliphatic heterocycles. The minimum atomic E-state index is -0.200. The van der Waals surface area contributed by atoms with Gasteiger partial charge >= 0.3 is 0 Å². The van der Waals surface area contributed by atoms with Gasteiger partial charge in [-0.25, -0.2) is 0 Å². The van der Waals surface area contributed by atoms with Gasteiger partial charge in [0, 0.05) is 13.2 Å². The number of aliphatic hydroxyl groups excluding tert-OH is 3. The molecule has 0 aromatic heterocycles. The molecule has 0 aromatic carbocycles. The van der Waals surface area contributed by atoms with Gasteiger partial charge in [0.25, 0.3) is 0 Å². The monoisotopic (exact) mass is 596 g/mol. The molecule has 14 aliphatic rings. The van der Waals surface area contributed by atoms with Gasteiger partial charge in [-0.1, -0.05) is 6.42 Å². The third-order valence-corrected chi connectivity index (χ3v) is 15.8. The second kappa shape index (κ2) is 11.8. The highest BCUT2D eigenvalue weighted by Gasteiger charge is 2.51. The van der Waals surface area contributed by atoms with Crippen LogP contribution in [0, 0.1) is 82.3 Å². The summed E-state index contributed by atoms with van der Waals surface area (Å²) in [5.74, 6) is 11.6. The smallest absolute Gasteiger partial charge is 0.0655 e. The van der Waals surface area contributed by atoms with Gasteiger partial charge in [0.05, 0.1) is 11.7 Å². The van der Waals surface area contributed by atoms with E-state index in [9.17, 15) is 15.3 Å². The first-order chi connectivity index (χ1) is 20.8. The van der Waals surface area contributed by atoms with Gasteiger partial charge in [0.1, 0.15) is 0 Å². The summed E-state index contributed by atoms with van der Waals surface area (Å²) in [6.45, 7) is 0.914. The van der Waals surface area contributed by atoms with Crippen molar-refractivity contribution in [1.29, 1.82) is 0 Å². The Morgan fingerprint density at radius 2 is 0.860 bits per heavy atom. The Hall–Kier alpha value is -0.160. The zero-order valence-corrected chi connectivity index (χ0v) is 27.1. The van der Waals surface area contributed by atoms with E-state index in [2.05, 4.69) is 0 Å². The molecule has 3 atom stereocenters. The molecule has 14 fully saturated rings. The van der Waals surface area contributed by atoms with Crippen molar-refractivity contribution < 1.29 is 20.4 Å². The Balaban J connectivity index is 0.0000000866. The van der Waals surface area contributed by atoms with Crippen LogP contribution in [0.2, 0.25) is 0 Å². The molecule has 14 saturated carbocycles. The lowest BCUT2D eigenvalue weighted by molar-refractivity contribution is -0.124. The predicted molar refractivity (Wildman–Crippen MR) is 170 cm³/mol. The van der Waals surface area contributed by atoms with Gasteiger partial charge in [-0.05, 0) is 211 Å². The second-order valence-electron chi connectivity index (χ2n) is 19.3. The van der Waals surface area contributed by atoms with Gasteiger partial charge in [0.2, 0.25) is 0 Å². The van der Waals surface area contributed by atoms with Crippen LogP contribution in [0.5, 0.6) is 0 Å². The molecule has 14 bridgehead atoms. The zero-order valence-electron chi connectivity index (χ0n) is 27.1. The molecule has 4 N–H and O–H groups in total. The number of hydrogen-bond donors (Lipinski definition) is 4. The Kier molecular flexibility index (Phi) is 8.30. The normalized spacial score (nSPS) is 56.7. The third kappa shape index (κ3) is 6.16. The summed E-state index contributed by atoms with van der Waals surface area (Å²) >= 11 is 0. The molecule has 3 unspecified atom stereocenters. The van der Waals surface area contributed by atoms with E-state index < -0.39 is 0 Å². The molecule has 0 spiro atoms. The van der Waals surface area contributed by atoms with Crippen LogP contribution in [0.4, 0.5) is 0 Å². The zero-order chi connectivity index (χ0) is 29.3. The Labute approximate surface area is 262 Å². The predicted octanol–water partition coefficient (Wildman–Crippen LogP) is 7.36. The van der Waals surface area contributed by atoms with E-state index in [1.165, 1.54) is 116 Å². The van der Waals surface area contributed by atoms with Crippen LogP contribution in [0.1, 0.15) is 135 Å². The number of hydrogen-bond acceptors (Lipinski definition) is 4. The van der Waals surface area contributed by atoms with Gasteiger partial charge in [0.15, 0.2) is 0 Å². The van der Waals surface area contributed by atoms with Crippen LogP contribution in [0.25, 0.3) is 0 Å². The first-order valence-electron chi connectivity index (χ1n) is 19.4. The molecule has 43 heavy (non-hydrogen) atoms. The Morgan fingerprint density at radius 3 is 1.19 bits per heavy atom. The van der Waals surface area contributed by atoms with Crippen molar-refractivity contribution in [1.82, 2.24) is 0 Å². The quantitative estimate of drug-likeness (QED) is 0.269. The number of aliphatic hydroxyl groups is 4. The fourth-order valence-corrected chi connectivity index (χ4v) is 15.0. The fourth-order valence-electron chi connectivity index (χ4n) is 15.0. The number of fused-ring (bicyclic) bond motifs is 2. The van der Waals surface area contributed by atoms with E-state index >= 15 is 0 Å². The topological polar surface area (TPSA) is 80.9 Å². The van der Waals surface area contributed by atoms with Gasteiger partial charge < -0.3 is 20.4 Å². The summed E-state index contributed by atoms with van der Waals surface area (Å²) in [5, 5.41) is 38.2. The van der Waals surface area contributed by atoms with E-state index in [-0.39, 0.29) is 11.7 Å². The Bertz CT molecular complexity index is 876.